The molecule has 0 heterocycles. The fourth-order valence-electron chi connectivity index (χ4n) is 1.11. The summed E-state index contributed by atoms with van der Waals surface area (Å²) >= 11 is 27.9. The Morgan fingerprint density at radius 3 is 1.83 bits per heavy atom. The molecule has 0 aromatic heterocycles. The summed E-state index contributed by atoms with van der Waals surface area (Å²) in [6.45, 7) is 6.97. The number of aromatic hydroxyl groups is 1. The maximum atomic E-state index is 10.9. The number of esters is 1. The first-order valence-corrected chi connectivity index (χ1v) is 8.88. The molecule has 1 aromatic carbocycles. The van der Waals surface area contributed by atoms with Crippen LogP contribution in [-0.4, -0.2) is 27.9 Å². The number of ether oxygens (including phenoxy) is 1. The zero-order chi connectivity index (χ0) is 18.3. The van der Waals surface area contributed by atoms with Crippen molar-refractivity contribution in [1.29, 1.82) is 0 Å². The Morgan fingerprint density at radius 2 is 1.52 bits per heavy atom. The van der Waals surface area contributed by atoms with Gasteiger partial charge in [0.15, 0.2) is 22.5 Å². The van der Waals surface area contributed by atoms with E-state index in [4.69, 9.17) is 67.2 Å². The van der Waals surface area contributed by atoms with Crippen molar-refractivity contribution in [3.8, 4) is 5.75 Å². The highest BCUT2D eigenvalue weighted by molar-refractivity contribution is 6.55. The molecule has 0 bridgehead atoms. The number of hydrogen-bond donors (Lipinski definition) is 1. The van der Waals surface area contributed by atoms with Crippen LogP contribution in [0, 0.1) is 0 Å². The number of carbonyl (C=O) groups is 1. The van der Waals surface area contributed by atoms with Crippen LogP contribution < -0.4 is 0 Å². The van der Waals surface area contributed by atoms with Gasteiger partial charge < -0.3 is 14.3 Å². The first-order chi connectivity index (χ1) is 10.6. The van der Waals surface area contributed by atoms with E-state index in [9.17, 15) is 9.90 Å². The molecule has 130 valence electrons. The molecule has 0 aliphatic rings. The van der Waals surface area contributed by atoms with Gasteiger partial charge >= 0.3 is 5.97 Å². The zero-order valence-corrected chi connectivity index (χ0v) is 18.3. The fraction of sp³-hybridized carbons (Fsp3) is 0.308. The summed E-state index contributed by atoms with van der Waals surface area (Å²) in [6, 6.07) is 0. The third-order valence-corrected chi connectivity index (χ3v) is 5.15. The van der Waals surface area contributed by atoms with Gasteiger partial charge in [0, 0.05) is 12.0 Å². The van der Waals surface area contributed by atoms with Gasteiger partial charge in [0.25, 0.3) is 0 Å². The summed E-state index contributed by atoms with van der Waals surface area (Å²) in [5.74, 6) is -0.745. The second kappa shape index (κ2) is 10.7. The fourth-order valence-corrected chi connectivity index (χ4v) is 2.67. The van der Waals surface area contributed by atoms with Crippen LogP contribution in [0.15, 0.2) is 12.2 Å². The lowest BCUT2D eigenvalue weighted by atomic mass is 10.3. The van der Waals surface area contributed by atoms with Crippen molar-refractivity contribution in [2.24, 2.45) is 0 Å². The quantitative estimate of drug-likeness (QED) is 0.183. The minimum Gasteiger partial charge on any atom is -0.505 e. The molecule has 1 N–H and O–H groups in total. The monoisotopic (exact) mass is 438 g/mol. The number of rotatable bonds is 4. The van der Waals surface area contributed by atoms with E-state index in [1.165, 1.54) is 0 Å². The largest absolute Gasteiger partial charge is 0.505 e. The Kier molecular flexibility index (Phi) is 10.6. The normalized spacial score (nSPS) is 11.4. The highest BCUT2D eigenvalue weighted by Gasteiger charge is 2.18. The van der Waals surface area contributed by atoms with Crippen LogP contribution in [0.2, 0.25) is 25.1 Å². The van der Waals surface area contributed by atoms with Crippen LogP contribution in [0.3, 0.4) is 0 Å². The van der Waals surface area contributed by atoms with E-state index < -0.39 is 0 Å². The molecule has 4 nitrogen and oxygen atoms in total. The molecule has 0 aliphatic heterocycles. The van der Waals surface area contributed by atoms with E-state index in [0.717, 1.165) is 0 Å². The lowest BCUT2D eigenvalue weighted by molar-refractivity contribution is -0.158. The Labute approximate surface area is 162 Å². The molecule has 1 rings (SSSR count). The molecule has 0 saturated heterocycles. The van der Waals surface area contributed by atoms with Crippen molar-refractivity contribution in [3.05, 3.63) is 37.3 Å². The summed E-state index contributed by atoms with van der Waals surface area (Å²) in [5, 5.41) is 9.01. The summed E-state index contributed by atoms with van der Waals surface area (Å²) in [7, 11) is 0.576. The predicted octanol–water partition coefficient (Wildman–Crippen LogP) is 4.80. The standard InChI is InChI=1S/C7H14O3Si.C6HCl5O/c1-4-6(10-11)9-7(8)5(2)3;7-1-2(8)4(10)6(12)5(11)3(1)9/h6H,2,4H2,1,3,11H3;12H. The number of carbonyl (C=O) groups excluding carboxylic acids is 1. The molecule has 1 aromatic rings. The van der Waals surface area contributed by atoms with Crippen LogP contribution in [0.4, 0.5) is 0 Å². The molecule has 0 saturated carbocycles. The Balaban J connectivity index is 0.000000423. The Morgan fingerprint density at radius 1 is 1.13 bits per heavy atom. The van der Waals surface area contributed by atoms with E-state index in [-0.39, 0.29) is 43.1 Å². The van der Waals surface area contributed by atoms with E-state index in [0.29, 0.717) is 22.5 Å². The average Bonchev–Trinajstić information content (AvgIpc) is 2.54. The molecular weight excluding hydrogens is 425 g/mol. The summed E-state index contributed by atoms with van der Waals surface area (Å²) < 4.78 is 9.86. The van der Waals surface area contributed by atoms with Gasteiger partial charge in [0.2, 0.25) is 0 Å². The molecule has 0 aliphatic carbocycles. The number of hydrogen-bond acceptors (Lipinski definition) is 4. The van der Waals surface area contributed by atoms with Crippen molar-refractivity contribution in [1.82, 2.24) is 0 Å². The molecular formula is C13H15Cl5O4Si. The Bertz CT molecular complexity index is 485. The number of phenols is 1. The SMILES string of the molecule is C=C(C)C(=O)OC(CC)O[SiH3].Oc1c(Cl)c(Cl)c(Cl)c(Cl)c1Cl. The van der Waals surface area contributed by atoms with Crippen LogP contribution in [0.25, 0.3) is 0 Å². The van der Waals surface area contributed by atoms with Gasteiger partial charge in [-0.05, 0) is 6.92 Å². The van der Waals surface area contributed by atoms with Crippen LogP contribution in [-0.2, 0) is 14.0 Å². The van der Waals surface area contributed by atoms with Gasteiger partial charge in [-0.2, -0.15) is 0 Å². The van der Waals surface area contributed by atoms with Gasteiger partial charge in [-0.1, -0.05) is 71.5 Å². The van der Waals surface area contributed by atoms with Crippen molar-refractivity contribution in [2.75, 3.05) is 0 Å². The number of benzene rings is 1. The van der Waals surface area contributed by atoms with Crippen molar-refractivity contribution in [3.63, 3.8) is 0 Å². The average molecular weight is 441 g/mol. The van der Waals surface area contributed by atoms with E-state index in [1.54, 1.807) is 6.92 Å². The summed E-state index contributed by atoms with van der Waals surface area (Å²) in [6.07, 6.45) is 0.300. The molecule has 23 heavy (non-hydrogen) atoms. The molecule has 0 fully saturated rings. The van der Waals surface area contributed by atoms with E-state index in [1.807, 2.05) is 6.92 Å². The summed E-state index contributed by atoms with van der Waals surface area (Å²) in [4.78, 5) is 10.9. The van der Waals surface area contributed by atoms with Crippen LogP contribution in [0.5, 0.6) is 5.75 Å². The van der Waals surface area contributed by atoms with Gasteiger partial charge in [0.1, 0.15) is 10.0 Å². The van der Waals surface area contributed by atoms with Gasteiger partial charge in [-0.3, -0.25) is 0 Å². The van der Waals surface area contributed by atoms with E-state index >= 15 is 0 Å². The maximum absolute atomic E-state index is 10.9. The molecule has 0 amide bonds. The highest BCUT2D eigenvalue weighted by atomic mass is 35.5. The van der Waals surface area contributed by atoms with Crippen LogP contribution >= 0.6 is 58.0 Å². The highest BCUT2D eigenvalue weighted by Crippen LogP contribution is 2.47. The predicted molar refractivity (Wildman–Crippen MR) is 99.2 cm³/mol. The smallest absolute Gasteiger partial charge is 0.335 e. The molecule has 0 radical (unpaired) electrons. The first-order valence-electron chi connectivity index (χ1n) is 6.18. The van der Waals surface area contributed by atoms with E-state index in [2.05, 4.69) is 6.58 Å². The Hall–Kier alpha value is -0.143. The van der Waals surface area contributed by atoms with Crippen molar-refractivity contribution < 1.29 is 19.1 Å². The number of phenolic OH excluding ortho intramolecular Hbond substituents is 1. The van der Waals surface area contributed by atoms with Gasteiger partial charge in [0.05, 0.1) is 15.1 Å². The second-order valence-electron chi connectivity index (χ2n) is 4.18. The van der Waals surface area contributed by atoms with Crippen LogP contribution in [0.1, 0.15) is 20.3 Å². The molecule has 1 unspecified atom stereocenters. The minimum absolute atomic E-state index is 0.00904. The van der Waals surface area contributed by atoms with Gasteiger partial charge in [-0.15, -0.1) is 0 Å². The lowest BCUT2D eigenvalue weighted by Crippen LogP contribution is -2.19. The maximum Gasteiger partial charge on any atom is 0.335 e. The topological polar surface area (TPSA) is 55.8 Å². The summed E-state index contributed by atoms with van der Waals surface area (Å²) in [5.41, 5.74) is 0.405. The molecule has 0 spiro atoms. The van der Waals surface area contributed by atoms with Crippen molar-refractivity contribution in [2.45, 2.75) is 26.6 Å². The second-order valence-corrected chi connectivity index (χ2v) is 6.54. The molecule has 1 atom stereocenters. The number of halogens is 5. The third-order valence-electron chi connectivity index (χ3n) is 2.37. The third kappa shape index (κ3) is 6.70. The lowest BCUT2D eigenvalue weighted by Gasteiger charge is -2.13. The van der Waals surface area contributed by atoms with Gasteiger partial charge in [-0.25, -0.2) is 4.79 Å². The minimum atomic E-state index is -0.383. The zero-order valence-electron chi connectivity index (χ0n) is 12.6. The molecule has 10 heteroatoms. The van der Waals surface area contributed by atoms with Crippen molar-refractivity contribution >= 4 is 74.5 Å². The first kappa shape index (κ1) is 22.9.